The molecule has 0 bridgehead atoms. The van der Waals surface area contributed by atoms with Crippen LogP contribution in [0.5, 0.6) is 0 Å². The van der Waals surface area contributed by atoms with E-state index in [0.29, 0.717) is 18.7 Å². The van der Waals surface area contributed by atoms with Crippen LogP contribution in [0.3, 0.4) is 0 Å². The van der Waals surface area contributed by atoms with Gasteiger partial charge >= 0.3 is 5.97 Å². The smallest absolute Gasteiger partial charge is 0.334 e. The summed E-state index contributed by atoms with van der Waals surface area (Å²) < 4.78 is 6.88. The molecule has 1 aromatic rings. The SMILES string of the molecule is CCn1cc(C(=O)N2CCO[C@@H](C(=O)O)C2)c(C(C)C)n1. The third kappa shape index (κ3) is 3.24. The molecule has 0 aliphatic carbocycles. The molecule has 2 heterocycles. The fourth-order valence-electron chi connectivity index (χ4n) is 2.34. The van der Waals surface area contributed by atoms with Crippen molar-refractivity contribution in [2.24, 2.45) is 0 Å². The summed E-state index contributed by atoms with van der Waals surface area (Å²) in [7, 11) is 0. The van der Waals surface area contributed by atoms with Gasteiger partial charge in [0.1, 0.15) is 0 Å². The lowest BCUT2D eigenvalue weighted by Crippen LogP contribution is -2.48. The molecule has 7 heteroatoms. The summed E-state index contributed by atoms with van der Waals surface area (Å²) in [5, 5.41) is 13.4. The summed E-state index contributed by atoms with van der Waals surface area (Å²) >= 11 is 0. The van der Waals surface area contributed by atoms with E-state index in [0.717, 1.165) is 5.69 Å². The molecule has 1 aliphatic rings. The maximum atomic E-state index is 12.6. The van der Waals surface area contributed by atoms with Gasteiger partial charge in [0, 0.05) is 19.3 Å². The minimum Gasteiger partial charge on any atom is -0.479 e. The number of carboxylic acids is 1. The van der Waals surface area contributed by atoms with Gasteiger partial charge in [0.05, 0.1) is 24.4 Å². The molecule has 2 rings (SSSR count). The number of hydrogen-bond donors (Lipinski definition) is 1. The van der Waals surface area contributed by atoms with Gasteiger partial charge in [-0.1, -0.05) is 13.8 Å². The van der Waals surface area contributed by atoms with Gasteiger partial charge in [-0.15, -0.1) is 0 Å². The first-order chi connectivity index (χ1) is 9.93. The van der Waals surface area contributed by atoms with Crippen LogP contribution in [0.2, 0.25) is 0 Å². The highest BCUT2D eigenvalue weighted by molar-refractivity contribution is 5.95. The third-order valence-corrected chi connectivity index (χ3v) is 3.52. The summed E-state index contributed by atoms with van der Waals surface area (Å²) in [5.74, 6) is -1.08. The Balaban J connectivity index is 2.23. The maximum Gasteiger partial charge on any atom is 0.334 e. The molecule has 0 spiro atoms. The van der Waals surface area contributed by atoms with E-state index in [1.807, 2.05) is 20.8 Å². The minimum absolute atomic E-state index is 0.0724. The van der Waals surface area contributed by atoms with Crippen LogP contribution in [-0.4, -0.2) is 57.5 Å². The fraction of sp³-hybridized carbons (Fsp3) is 0.643. The predicted octanol–water partition coefficient (Wildman–Crippen LogP) is 0.952. The van der Waals surface area contributed by atoms with Gasteiger partial charge in [0.15, 0.2) is 6.10 Å². The molecular weight excluding hydrogens is 274 g/mol. The summed E-state index contributed by atoms with van der Waals surface area (Å²) in [6.45, 7) is 7.33. The zero-order valence-corrected chi connectivity index (χ0v) is 12.6. The Morgan fingerprint density at radius 2 is 2.24 bits per heavy atom. The third-order valence-electron chi connectivity index (χ3n) is 3.52. The standard InChI is InChI=1S/C14H21N3O4/c1-4-17-7-10(12(15-17)9(2)3)13(18)16-5-6-21-11(8-16)14(19)20/h7,9,11H,4-6,8H2,1-3H3,(H,19,20)/t11-/m1/s1. The van der Waals surface area contributed by atoms with Gasteiger partial charge < -0.3 is 14.7 Å². The average molecular weight is 295 g/mol. The highest BCUT2D eigenvalue weighted by Gasteiger charge is 2.31. The molecule has 1 amide bonds. The second kappa shape index (κ2) is 6.26. The highest BCUT2D eigenvalue weighted by atomic mass is 16.5. The Morgan fingerprint density at radius 1 is 1.52 bits per heavy atom. The molecule has 0 radical (unpaired) electrons. The number of amides is 1. The second-order valence-corrected chi connectivity index (χ2v) is 5.39. The summed E-state index contributed by atoms with van der Waals surface area (Å²) in [6, 6.07) is 0. The van der Waals surface area contributed by atoms with Crippen molar-refractivity contribution in [2.75, 3.05) is 19.7 Å². The molecule has 21 heavy (non-hydrogen) atoms. The Kier molecular flexibility index (Phi) is 4.62. The van der Waals surface area contributed by atoms with Crippen LogP contribution in [0, 0.1) is 0 Å². The molecule has 0 saturated carbocycles. The zero-order valence-electron chi connectivity index (χ0n) is 12.6. The van der Waals surface area contributed by atoms with Crippen molar-refractivity contribution in [1.29, 1.82) is 0 Å². The molecule has 1 N–H and O–H groups in total. The Hall–Kier alpha value is -1.89. The van der Waals surface area contributed by atoms with E-state index in [1.54, 1.807) is 10.9 Å². The van der Waals surface area contributed by atoms with Crippen LogP contribution in [0.25, 0.3) is 0 Å². The number of hydrogen-bond acceptors (Lipinski definition) is 4. The number of carbonyl (C=O) groups excluding carboxylic acids is 1. The van der Waals surface area contributed by atoms with E-state index in [2.05, 4.69) is 5.10 Å². The molecular formula is C14H21N3O4. The van der Waals surface area contributed by atoms with E-state index < -0.39 is 12.1 Å². The first-order valence-electron chi connectivity index (χ1n) is 7.15. The van der Waals surface area contributed by atoms with E-state index in [1.165, 1.54) is 4.90 Å². The van der Waals surface area contributed by atoms with Crippen molar-refractivity contribution in [3.63, 3.8) is 0 Å². The van der Waals surface area contributed by atoms with Crippen LogP contribution >= 0.6 is 0 Å². The number of carbonyl (C=O) groups is 2. The van der Waals surface area contributed by atoms with E-state index in [4.69, 9.17) is 9.84 Å². The maximum absolute atomic E-state index is 12.6. The van der Waals surface area contributed by atoms with Crippen molar-refractivity contribution < 1.29 is 19.4 Å². The Bertz CT molecular complexity index is 538. The molecule has 1 saturated heterocycles. The number of ether oxygens (including phenoxy) is 1. The predicted molar refractivity (Wildman–Crippen MR) is 75.3 cm³/mol. The first kappa shape index (κ1) is 15.5. The van der Waals surface area contributed by atoms with Gasteiger partial charge in [-0.25, -0.2) is 4.79 Å². The molecule has 1 aromatic heterocycles. The van der Waals surface area contributed by atoms with Gasteiger partial charge in [-0.05, 0) is 12.8 Å². The molecule has 1 aliphatic heterocycles. The molecule has 116 valence electrons. The zero-order chi connectivity index (χ0) is 15.6. The minimum atomic E-state index is -1.04. The molecule has 1 atom stereocenters. The number of carboxylic acid groups (broad SMARTS) is 1. The number of rotatable bonds is 4. The Labute approximate surface area is 123 Å². The van der Waals surface area contributed by atoms with E-state index in [9.17, 15) is 9.59 Å². The largest absolute Gasteiger partial charge is 0.479 e. The topological polar surface area (TPSA) is 84.7 Å². The fourth-order valence-corrected chi connectivity index (χ4v) is 2.34. The number of nitrogens with zero attached hydrogens (tertiary/aromatic N) is 3. The number of morpholine rings is 1. The van der Waals surface area contributed by atoms with Gasteiger partial charge in [0.25, 0.3) is 5.91 Å². The van der Waals surface area contributed by atoms with Crippen LogP contribution < -0.4 is 0 Å². The normalized spacial score (nSPS) is 19.0. The number of aliphatic carboxylic acids is 1. The first-order valence-corrected chi connectivity index (χ1v) is 7.15. The van der Waals surface area contributed by atoms with Crippen LogP contribution in [0.1, 0.15) is 42.7 Å². The lowest BCUT2D eigenvalue weighted by Gasteiger charge is -2.30. The average Bonchev–Trinajstić information content (AvgIpc) is 2.91. The quantitative estimate of drug-likeness (QED) is 0.894. The Morgan fingerprint density at radius 3 is 2.81 bits per heavy atom. The number of aryl methyl sites for hydroxylation is 1. The van der Waals surface area contributed by atoms with Crippen molar-refractivity contribution in [1.82, 2.24) is 14.7 Å². The molecule has 7 nitrogen and oxygen atoms in total. The molecule has 0 aromatic carbocycles. The van der Waals surface area contributed by atoms with Gasteiger partial charge in [0.2, 0.25) is 0 Å². The lowest BCUT2D eigenvalue weighted by molar-refractivity contribution is -0.154. The van der Waals surface area contributed by atoms with Crippen molar-refractivity contribution in [2.45, 2.75) is 39.3 Å². The summed E-state index contributed by atoms with van der Waals surface area (Å²) in [5.41, 5.74) is 1.30. The van der Waals surface area contributed by atoms with Crippen molar-refractivity contribution in [3.8, 4) is 0 Å². The van der Waals surface area contributed by atoms with Crippen LogP contribution in [0.15, 0.2) is 6.20 Å². The van der Waals surface area contributed by atoms with Gasteiger partial charge in [-0.2, -0.15) is 5.10 Å². The van der Waals surface area contributed by atoms with E-state index in [-0.39, 0.29) is 25.0 Å². The monoisotopic (exact) mass is 295 g/mol. The van der Waals surface area contributed by atoms with Crippen molar-refractivity contribution >= 4 is 11.9 Å². The molecule has 1 fully saturated rings. The second-order valence-electron chi connectivity index (χ2n) is 5.39. The summed E-state index contributed by atoms with van der Waals surface area (Å²) in [4.78, 5) is 25.2. The van der Waals surface area contributed by atoms with Crippen LogP contribution in [-0.2, 0) is 16.1 Å². The number of aromatic nitrogens is 2. The molecule has 0 unspecified atom stereocenters. The summed E-state index contributed by atoms with van der Waals surface area (Å²) in [6.07, 6.45) is 0.787. The lowest BCUT2D eigenvalue weighted by atomic mass is 10.1. The highest BCUT2D eigenvalue weighted by Crippen LogP contribution is 2.20. The van der Waals surface area contributed by atoms with E-state index >= 15 is 0 Å². The van der Waals surface area contributed by atoms with Crippen molar-refractivity contribution in [3.05, 3.63) is 17.5 Å². The van der Waals surface area contributed by atoms with Crippen LogP contribution in [0.4, 0.5) is 0 Å². The van der Waals surface area contributed by atoms with Gasteiger partial charge in [-0.3, -0.25) is 9.48 Å².